The van der Waals surface area contributed by atoms with Gasteiger partial charge in [-0.2, -0.15) is 0 Å². The van der Waals surface area contributed by atoms with E-state index in [2.05, 4.69) is 45.0 Å². The van der Waals surface area contributed by atoms with E-state index >= 15 is 0 Å². The van der Waals surface area contributed by atoms with Crippen molar-refractivity contribution >= 4 is 0 Å². The van der Waals surface area contributed by atoms with Crippen LogP contribution in [-0.2, 0) is 0 Å². The van der Waals surface area contributed by atoms with Crippen molar-refractivity contribution in [1.82, 2.24) is 10.2 Å². The molecule has 1 saturated heterocycles. The van der Waals surface area contributed by atoms with Crippen LogP contribution < -0.4 is 5.32 Å². The maximum absolute atomic E-state index is 3.68. The molecule has 0 saturated carbocycles. The van der Waals surface area contributed by atoms with Gasteiger partial charge in [-0.15, -0.1) is 0 Å². The van der Waals surface area contributed by atoms with E-state index in [0.717, 1.165) is 12.5 Å². The highest BCUT2D eigenvalue weighted by Gasteiger charge is 2.33. The highest BCUT2D eigenvalue weighted by Crippen LogP contribution is 2.22. The summed E-state index contributed by atoms with van der Waals surface area (Å²) in [7, 11) is 2.26. The summed E-state index contributed by atoms with van der Waals surface area (Å²) in [6, 6.07) is 0.694. The number of hydrogen-bond acceptors (Lipinski definition) is 2. The maximum Gasteiger partial charge on any atom is 0.0300 e. The van der Waals surface area contributed by atoms with Gasteiger partial charge in [0.05, 0.1) is 0 Å². The van der Waals surface area contributed by atoms with E-state index in [4.69, 9.17) is 0 Å². The summed E-state index contributed by atoms with van der Waals surface area (Å²) in [6.45, 7) is 11.6. The second-order valence-electron chi connectivity index (χ2n) is 5.44. The van der Waals surface area contributed by atoms with Gasteiger partial charge in [0.1, 0.15) is 0 Å². The van der Waals surface area contributed by atoms with Crippen molar-refractivity contribution in [3.63, 3.8) is 0 Å². The van der Waals surface area contributed by atoms with Crippen molar-refractivity contribution in [2.75, 3.05) is 20.1 Å². The van der Waals surface area contributed by atoms with Crippen molar-refractivity contribution in [1.29, 1.82) is 0 Å². The molecule has 0 radical (unpaired) electrons. The highest BCUT2D eigenvalue weighted by molar-refractivity contribution is 4.93. The van der Waals surface area contributed by atoms with E-state index in [-0.39, 0.29) is 0 Å². The lowest BCUT2D eigenvalue weighted by molar-refractivity contribution is 0.0701. The monoisotopic (exact) mass is 198 g/mol. The Morgan fingerprint density at radius 3 is 2.57 bits per heavy atom. The number of nitrogens with zero attached hydrogens (tertiary/aromatic N) is 1. The molecule has 2 unspecified atom stereocenters. The standard InChI is InChI=1S/C12H26N2/c1-6-12(4)9-13-11(7-10(2)3)8-14(12)5/h10-11,13H,6-9H2,1-5H3. The lowest BCUT2D eigenvalue weighted by Gasteiger charge is -2.46. The van der Waals surface area contributed by atoms with Crippen LogP contribution in [0.5, 0.6) is 0 Å². The van der Waals surface area contributed by atoms with E-state index in [1.165, 1.54) is 19.4 Å². The first-order chi connectivity index (χ1) is 6.48. The smallest absolute Gasteiger partial charge is 0.0300 e. The Morgan fingerprint density at radius 2 is 2.14 bits per heavy atom. The lowest BCUT2D eigenvalue weighted by atomic mass is 9.91. The molecule has 0 aromatic heterocycles. The summed E-state index contributed by atoms with van der Waals surface area (Å²) in [6.07, 6.45) is 2.52. The van der Waals surface area contributed by atoms with Crippen LogP contribution in [0.4, 0.5) is 0 Å². The molecule has 0 aromatic carbocycles. The number of nitrogens with one attached hydrogen (secondary N) is 1. The minimum atomic E-state index is 0.369. The zero-order valence-electron chi connectivity index (χ0n) is 10.4. The normalized spacial score (nSPS) is 35.1. The van der Waals surface area contributed by atoms with Crippen molar-refractivity contribution in [3.05, 3.63) is 0 Å². The quantitative estimate of drug-likeness (QED) is 0.747. The van der Waals surface area contributed by atoms with Gasteiger partial charge in [0.25, 0.3) is 0 Å². The number of hydrogen-bond donors (Lipinski definition) is 1. The molecule has 2 atom stereocenters. The third-order valence-electron chi connectivity index (χ3n) is 3.70. The molecule has 84 valence electrons. The number of likely N-dealkylation sites (N-methyl/N-ethyl adjacent to an activating group) is 1. The average Bonchev–Trinajstić information content (AvgIpc) is 2.11. The fourth-order valence-corrected chi connectivity index (χ4v) is 2.24. The van der Waals surface area contributed by atoms with Crippen LogP contribution in [0.15, 0.2) is 0 Å². The molecule has 1 rings (SSSR count). The molecule has 1 aliphatic rings. The summed E-state index contributed by atoms with van der Waals surface area (Å²) >= 11 is 0. The molecule has 0 aliphatic carbocycles. The zero-order valence-corrected chi connectivity index (χ0v) is 10.4. The molecule has 1 heterocycles. The molecule has 1 N–H and O–H groups in total. The predicted octanol–water partition coefficient (Wildman–Crippen LogP) is 2.10. The van der Waals surface area contributed by atoms with Gasteiger partial charge < -0.3 is 5.32 Å². The van der Waals surface area contributed by atoms with E-state index in [1.54, 1.807) is 0 Å². The Labute approximate surface area is 89.1 Å². The minimum absolute atomic E-state index is 0.369. The molecule has 0 amide bonds. The second-order valence-corrected chi connectivity index (χ2v) is 5.44. The molecule has 0 bridgehead atoms. The Hall–Kier alpha value is -0.0800. The van der Waals surface area contributed by atoms with Crippen molar-refractivity contribution in [2.45, 2.75) is 52.1 Å². The number of piperazine rings is 1. The first kappa shape index (κ1) is 12.0. The van der Waals surface area contributed by atoms with Crippen LogP contribution in [-0.4, -0.2) is 36.6 Å². The molecule has 1 aliphatic heterocycles. The SMILES string of the molecule is CCC1(C)CNC(CC(C)C)CN1C. The topological polar surface area (TPSA) is 15.3 Å². The van der Waals surface area contributed by atoms with Crippen LogP contribution in [0, 0.1) is 5.92 Å². The minimum Gasteiger partial charge on any atom is -0.311 e. The Bertz CT molecular complexity index is 179. The molecule has 2 nitrogen and oxygen atoms in total. The van der Waals surface area contributed by atoms with Gasteiger partial charge in [-0.3, -0.25) is 4.90 Å². The molecular weight excluding hydrogens is 172 g/mol. The first-order valence-electron chi connectivity index (χ1n) is 5.92. The van der Waals surface area contributed by atoms with Gasteiger partial charge in [-0.05, 0) is 32.7 Å². The van der Waals surface area contributed by atoms with E-state index in [1.807, 2.05) is 0 Å². The first-order valence-corrected chi connectivity index (χ1v) is 5.92. The van der Waals surface area contributed by atoms with E-state index in [0.29, 0.717) is 11.6 Å². The van der Waals surface area contributed by atoms with Crippen LogP contribution >= 0.6 is 0 Å². The molecule has 0 spiro atoms. The zero-order chi connectivity index (χ0) is 10.8. The van der Waals surface area contributed by atoms with Crippen LogP contribution in [0.25, 0.3) is 0 Å². The fourth-order valence-electron chi connectivity index (χ4n) is 2.24. The Balaban J connectivity index is 2.46. The third kappa shape index (κ3) is 2.71. The van der Waals surface area contributed by atoms with Crippen molar-refractivity contribution in [3.8, 4) is 0 Å². The Kier molecular flexibility index (Phi) is 3.96. The summed E-state index contributed by atoms with van der Waals surface area (Å²) in [4.78, 5) is 2.52. The van der Waals surface area contributed by atoms with Gasteiger partial charge in [-0.25, -0.2) is 0 Å². The summed E-state index contributed by atoms with van der Waals surface area (Å²) in [5.74, 6) is 0.798. The van der Waals surface area contributed by atoms with Crippen LogP contribution in [0.1, 0.15) is 40.5 Å². The summed E-state index contributed by atoms with van der Waals surface area (Å²) < 4.78 is 0. The van der Waals surface area contributed by atoms with Crippen molar-refractivity contribution in [2.24, 2.45) is 5.92 Å². The number of rotatable bonds is 3. The second kappa shape index (κ2) is 4.63. The van der Waals surface area contributed by atoms with Gasteiger partial charge in [0.2, 0.25) is 0 Å². The molecule has 1 fully saturated rings. The largest absolute Gasteiger partial charge is 0.311 e. The molecule has 14 heavy (non-hydrogen) atoms. The van der Waals surface area contributed by atoms with Gasteiger partial charge >= 0.3 is 0 Å². The summed E-state index contributed by atoms with van der Waals surface area (Å²) in [5.41, 5.74) is 0.369. The van der Waals surface area contributed by atoms with E-state index < -0.39 is 0 Å². The van der Waals surface area contributed by atoms with Crippen molar-refractivity contribution < 1.29 is 0 Å². The van der Waals surface area contributed by atoms with E-state index in [9.17, 15) is 0 Å². The summed E-state index contributed by atoms with van der Waals surface area (Å²) in [5, 5.41) is 3.68. The highest BCUT2D eigenvalue weighted by atomic mass is 15.2. The van der Waals surface area contributed by atoms with Gasteiger partial charge in [0, 0.05) is 24.7 Å². The average molecular weight is 198 g/mol. The molecule has 0 aromatic rings. The fraction of sp³-hybridized carbons (Fsp3) is 1.00. The Morgan fingerprint density at radius 1 is 1.50 bits per heavy atom. The molecular formula is C12H26N2. The molecule has 2 heteroatoms. The van der Waals surface area contributed by atoms with Gasteiger partial charge in [-0.1, -0.05) is 20.8 Å². The third-order valence-corrected chi connectivity index (χ3v) is 3.70. The van der Waals surface area contributed by atoms with Crippen LogP contribution in [0.2, 0.25) is 0 Å². The van der Waals surface area contributed by atoms with Gasteiger partial charge in [0.15, 0.2) is 0 Å². The van der Waals surface area contributed by atoms with Crippen LogP contribution in [0.3, 0.4) is 0 Å². The lowest BCUT2D eigenvalue weighted by Crippen LogP contribution is -2.61. The maximum atomic E-state index is 3.68. The predicted molar refractivity (Wildman–Crippen MR) is 62.6 cm³/mol.